The Balaban J connectivity index is 2.36. The molecule has 0 radical (unpaired) electrons. The van der Waals surface area contributed by atoms with E-state index in [-0.39, 0.29) is 23.2 Å². The fourth-order valence-corrected chi connectivity index (χ4v) is 1.33. The molecule has 2 rings (SSSR count). The van der Waals surface area contributed by atoms with Crippen LogP contribution in [0, 0.1) is 11.6 Å². The molecule has 0 unspecified atom stereocenters. The fraction of sp³-hybridized carbons (Fsp3) is 0.0909. The van der Waals surface area contributed by atoms with Crippen molar-refractivity contribution in [3.05, 3.63) is 36.2 Å². The van der Waals surface area contributed by atoms with Gasteiger partial charge in [0.1, 0.15) is 23.7 Å². The van der Waals surface area contributed by atoms with Gasteiger partial charge in [0.15, 0.2) is 5.82 Å². The smallest absolute Gasteiger partial charge is 0.268 e. The molecule has 0 aliphatic heterocycles. The van der Waals surface area contributed by atoms with Crippen molar-refractivity contribution >= 4 is 5.82 Å². The normalized spacial score (nSPS) is 10.2. The minimum Gasteiger partial charge on any atom is -0.489 e. The first kappa shape index (κ1) is 12.0. The second kappa shape index (κ2) is 4.82. The van der Waals surface area contributed by atoms with Gasteiger partial charge < -0.3 is 15.2 Å². The van der Waals surface area contributed by atoms with Crippen molar-refractivity contribution in [2.24, 2.45) is 0 Å². The van der Waals surface area contributed by atoms with Crippen molar-refractivity contribution in [1.29, 1.82) is 0 Å². The second-order valence-electron chi connectivity index (χ2n) is 3.30. The van der Waals surface area contributed by atoms with Gasteiger partial charge in [0.2, 0.25) is 5.75 Å². The average Bonchev–Trinajstić information content (AvgIpc) is 2.27. The Morgan fingerprint density at radius 1 is 1.11 bits per heavy atom. The highest BCUT2D eigenvalue weighted by atomic mass is 19.1. The number of nitrogens with two attached hydrogens (primary N) is 1. The molecule has 1 heterocycles. The van der Waals surface area contributed by atoms with E-state index in [9.17, 15) is 8.78 Å². The first-order valence-electron chi connectivity index (χ1n) is 4.88. The van der Waals surface area contributed by atoms with E-state index in [0.29, 0.717) is 0 Å². The third kappa shape index (κ3) is 2.45. The highest BCUT2D eigenvalue weighted by Gasteiger charge is 2.12. The number of halogens is 2. The molecular weight excluding hydrogens is 244 g/mol. The molecule has 0 spiro atoms. The Kier molecular flexibility index (Phi) is 3.22. The lowest BCUT2D eigenvalue weighted by atomic mass is 10.3. The lowest BCUT2D eigenvalue weighted by Crippen LogP contribution is -2.00. The molecule has 0 atom stereocenters. The van der Waals surface area contributed by atoms with E-state index in [1.165, 1.54) is 7.11 Å². The van der Waals surface area contributed by atoms with Crippen molar-refractivity contribution in [3.63, 3.8) is 0 Å². The summed E-state index contributed by atoms with van der Waals surface area (Å²) in [6.07, 6.45) is 1.16. The zero-order valence-electron chi connectivity index (χ0n) is 9.35. The van der Waals surface area contributed by atoms with Crippen LogP contribution in [0.15, 0.2) is 24.5 Å². The summed E-state index contributed by atoms with van der Waals surface area (Å²) >= 11 is 0. The average molecular weight is 253 g/mol. The summed E-state index contributed by atoms with van der Waals surface area (Å²) in [7, 11) is 1.36. The minimum atomic E-state index is -0.758. The number of ether oxygens (including phenoxy) is 2. The zero-order chi connectivity index (χ0) is 13.1. The van der Waals surface area contributed by atoms with Gasteiger partial charge in [-0.2, -0.15) is 4.98 Å². The monoisotopic (exact) mass is 253 g/mol. The molecule has 1 aromatic carbocycles. The molecule has 0 saturated heterocycles. The van der Waals surface area contributed by atoms with Crippen LogP contribution in [0.4, 0.5) is 14.6 Å². The molecule has 0 aliphatic carbocycles. The number of nitrogen functional groups attached to an aromatic ring is 1. The molecule has 2 aromatic rings. The Morgan fingerprint density at radius 3 is 2.39 bits per heavy atom. The highest BCUT2D eigenvalue weighted by molar-refractivity contribution is 5.52. The summed E-state index contributed by atoms with van der Waals surface area (Å²) in [5.41, 5.74) is 5.54. The number of benzene rings is 1. The van der Waals surface area contributed by atoms with Gasteiger partial charge in [0.05, 0.1) is 7.11 Å². The van der Waals surface area contributed by atoms with Crippen LogP contribution in [0.25, 0.3) is 0 Å². The maximum absolute atomic E-state index is 13.0. The molecule has 7 heteroatoms. The lowest BCUT2D eigenvalue weighted by Gasteiger charge is -2.09. The molecule has 2 N–H and O–H groups in total. The summed E-state index contributed by atoms with van der Waals surface area (Å²) in [6.45, 7) is 0. The summed E-state index contributed by atoms with van der Waals surface area (Å²) in [6, 6.07) is 2.76. The van der Waals surface area contributed by atoms with Gasteiger partial charge >= 0.3 is 0 Å². The quantitative estimate of drug-likeness (QED) is 0.907. The number of aromatic nitrogens is 2. The van der Waals surface area contributed by atoms with Crippen LogP contribution in [-0.4, -0.2) is 17.1 Å². The first-order chi connectivity index (χ1) is 8.60. The van der Waals surface area contributed by atoms with Gasteiger partial charge in [-0.15, -0.1) is 0 Å². The molecule has 5 nitrogen and oxygen atoms in total. The lowest BCUT2D eigenvalue weighted by molar-refractivity contribution is 0.367. The van der Waals surface area contributed by atoms with Crippen LogP contribution in [0.3, 0.4) is 0 Å². The van der Waals surface area contributed by atoms with E-state index in [1.807, 2.05) is 0 Å². The van der Waals surface area contributed by atoms with Crippen molar-refractivity contribution < 1.29 is 18.3 Å². The maximum atomic E-state index is 13.0. The molecule has 0 amide bonds. The molecule has 94 valence electrons. The van der Waals surface area contributed by atoms with Crippen molar-refractivity contribution in [3.8, 4) is 17.4 Å². The van der Waals surface area contributed by atoms with E-state index < -0.39 is 11.6 Å². The third-order valence-corrected chi connectivity index (χ3v) is 2.05. The topological polar surface area (TPSA) is 70.3 Å². The SMILES string of the molecule is COc1c(N)ncnc1Oc1cc(F)cc(F)c1. The van der Waals surface area contributed by atoms with Gasteiger partial charge in [-0.3, -0.25) is 0 Å². The van der Waals surface area contributed by atoms with Crippen molar-refractivity contribution in [2.75, 3.05) is 12.8 Å². The van der Waals surface area contributed by atoms with Crippen LogP contribution < -0.4 is 15.2 Å². The van der Waals surface area contributed by atoms with Crippen molar-refractivity contribution in [1.82, 2.24) is 9.97 Å². The van der Waals surface area contributed by atoms with E-state index in [4.69, 9.17) is 15.2 Å². The molecule has 0 aliphatic rings. The highest BCUT2D eigenvalue weighted by Crippen LogP contribution is 2.32. The minimum absolute atomic E-state index is 0.0185. The van der Waals surface area contributed by atoms with Gasteiger partial charge in [-0.05, 0) is 0 Å². The van der Waals surface area contributed by atoms with E-state index in [2.05, 4.69) is 9.97 Å². The van der Waals surface area contributed by atoms with Crippen LogP contribution in [-0.2, 0) is 0 Å². The number of methoxy groups -OCH3 is 1. The Bertz CT molecular complexity index is 558. The van der Waals surface area contributed by atoms with Crippen LogP contribution in [0.1, 0.15) is 0 Å². The Hall–Kier alpha value is -2.44. The first-order valence-corrected chi connectivity index (χ1v) is 4.88. The summed E-state index contributed by atoms with van der Waals surface area (Å²) in [5, 5.41) is 0. The number of anilines is 1. The molecule has 1 aromatic heterocycles. The standard InChI is InChI=1S/C11H9F2N3O2/c1-17-9-10(14)15-5-16-11(9)18-8-3-6(12)2-7(13)4-8/h2-5H,1H3,(H2,14,15,16). The molecular formula is C11H9F2N3O2. The molecule has 0 fully saturated rings. The molecule has 0 saturated carbocycles. The number of rotatable bonds is 3. The summed E-state index contributed by atoms with van der Waals surface area (Å²) < 4.78 is 36.1. The Morgan fingerprint density at radius 2 is 1.78 bits per heavy atom. The second-order valence-corrected chi connectivity index (χ2v) is 3.30. The van der Waals surface area contributed by atoms with Crippen LogP contribution in [0.5, 0.6) is 17.4 Å². The van der Waals surface area contributed by atoms with Crippen LogP contribution in [0.2, 0.25) is 0 Å². The van der Waals surface area contributed by atoms with Crippen LogP contribution >= 0.6 is 0 Å². The summed E-state index contributed by atoms with van der Waals surface area (Å²) in [5.74, 6) is -1.42. The number of hydrogen-bond donors (Lipinski definition) is 1. The van der Waals surface area contributed by atoms with Gasteiger partial charge in [-0.1, -0.05) is 0 Å². The molecule has 0 bridgehead atoms. The largest absolute Gasteiger partial charge is 0.489 e. The summed E-state index contributed by atoms with van der Waals surface area (Å²) in [4.78, 5) is 7.48. The van der Waals surface area contributed by atoms with Gasteiger partial charge in [0.25, 0.3) is 5.88 Å². The third-order valence-electron chi connectivity index (χ3n) is 2.05. The predicted octanol–water partition coefficient (Wildman–Crippen LogP) is 2.14. The van der Waals surface area contributed by atoms with Gasteiger partial charge in [0, 0.05) is 18.2 Å². The molecule has 18 heavy (non-hydrogen) atoms. The van der Waals surface area contributed by atoms with E-state index in [0.717, 1.165) is 24.5 Å². The number of nitrogens with zero attached hydrogens (tertiary/aromatic N) is 2. The van der Waals surface area contributed by atoms with E-state index >= 15 is 0 Å². The zero-order valence-corrected chi connectivity index (χ0v) is 9.35. The maximum Gasteiger partial charge on any atom is 0.268 e. The number of hydrogen-bond acceptors (Lipinski definition) is 5. The fourth-order valence-electron chi connectivity index (χ4n) is 1.33. The van der Waals surface area contributed by atoms with Crippen molar-refractivity contribution in [2.45, 2.75) is 0 Å². The Labute approximate surface area is 101 Å². The van der Waals surface area contributed by atoms with Gasteiger partial charge in [-0.25, -0.2) is 13.8 Å². The predicted molar refractivity (Wildman–Crippen MR) is 59.4 cm³/mol. The van der Waals surface area contributed by atoms with E-state index in [1.54, 1.807) is 0 Å².